The molecule has 0 aliphatic rings. The molecule has 1 atom stereocenters. The number of nitrogens with zero attached hydrogens (tertiary/aromatic N) is 2. The molecular weight excluding hydrogens is 210 g/mol. The van der Waals surface area contributed by atoms with Crippen LogP contribution in [0.25, 0.3) is 0 Å². The molecule has 1 aromatic rings. The van der Waals surface area contributed by atoms with Crippen LogP contribution in [0.3, 0.4) is 0 Å². The third-order valence-electron chi connectivity index (χ3n) is 3.04. The van der Waals surface area contributed by atoms with Gasteiger partial charge in [0, 0.05) is 30.9 Å². The van der Waals surface area contributed by atoms with E-state index in [2.05, 4.69) is 48.8 Å². The van der Waals surface area contributed by atoms with Crippen molar-refractivity contribution in [2.75, 3.05) is 6.54 Å². The Kier molecular flexibility index (Phi) is 6.27. The maximum absolute atomic E-state index is 4.41. The Bertz CT molecular complexity index is 304. The van der Waals surface area contributed by atoms with E-state index in [1.807, 2.05) is 6.20 Å². The summed E-state index contributed by atoms with van der Waals surface area (Å²) in [6.45, 7) is 11.1. The smallest absolute Gasteiger partial charge is 0.111 e. The van der Waals surface area contributed by atoms with Crippen LogP contribution in [0.2, 0.25) is 0 Å². The molecule has 0 bridgehead atoms. The topological polar surface area (TPSA) is 29.9 Å². The first kappa shape index (κ1) is 14.2. The monoisotopic (exact) mass is 237 g/mol. The van der Waals surface area contributed by atoms with Crippen molar-refractivity contribution < 1.29 is 0 Å². The summed E-state index contributed by atoms with van der Waals surface area (Å²) in [5.41, 5.74) is 0. The average molecular weight is 237 g/mol. The highest BCUT2D eigenvalue weighted by atomic mass is 15.1. The maximum atomic E-state index is 4.41. The van der Waals surface area contributed by atoms with Gasteiger partial charge in [0.05, 0.1) is 0 Å². The zero-order valence-electron chi connectivity index (χ0n) is 11.7. The highest BCUT2D eigenvalue weighted by molar-refractivity contribution is 4.97. The van der Waals surface area contributed by atoms with Gasteiger partial charge in [-0.15, -0.1) is 0 Å². The second-order valence-electron chi connectivity index (χ2n) is 5.13. The minimum Gasteiger partial charge on any atom is -0.335 e. The van der Waals surface area contributed by atoms with Crippen molar-refractivity contribution in [2.24, 2.45) is 0 Å². The molecule has 0 aromatic carbocycles. The van der Waals surface area contributed by atoms with Gasteiger partial charge in [-0.1, -0.05) is 20.8 Å². The van der Waals surface area contributed by atoms with Crippen LogP contribution in [0.1, 0.15) is 58.7 Å². The Balaban J connectivity index is 2.28. The molecule has 3 nitrogen and oxygen atoms in total. The molecule has 1 aromatic heterocycles. The van der Waals surface area contributed by atoms with Crippen LogP contribution in [0.5, 0.6) is 0 Å². The first-order valence-corrected chi connectivity index (χ1v) is 6.89. The molecule has 0 amide bonds. The summed E-state index contributed by atoms with van der Waals surface area (Å²) in [7, 11) is 0. The van der Waals surface area contributed by atoms with E-state index in [4.69, 9.17) is 0 Å². The lowest BCUT2D eigenvalue weighted by Crippen LogP contribution is -2.26. The molecule has 0 spiro atoms. The molecule has 1 heterocycles. The third-order valence-corrected chi connectivity index (χ3v) is 3.04. The molecule has 1 rings (SSSR count). The molecule has 0 saturated heterocycles. The summed E-state index contributed by atoms with van der Waals surface area (Å²) in [6.07, 6.45) is 7.67. The number of hydrogen-bond acceptors (Lipinski definition) is 2. The minimum atomic E-state index is 0.514. The van der Waals surface area contributed by atoms with Gasteiger partial charge < -0.3 is 9.88 Å². The molecule has 3 heteroatoms. The van der Waals surface area contributed by atoms with Gasteiger partial charge in [0.2, 0.25) is 0 Å². The van der Waals surface area contributed by atoms with Gasteiger partial charge in [0.1, 0.15) is 5.82 Å². The summed E-state index contributed by atoms with van der Waals surface area (Å²) >= 11 is 0. The maximum Gasteiger partial charge on any atom is 0.111 e. The normalized spacial score (nSPS) is 13.2. The highest BCUT2D eigenvalue weighted by Gasteiger charge is 2.07. The molecule has 1 N–H and O–H groups in total. The van der Waals surface area contributed by atoms with Crippen molar-refractivity contribution in [1.29, 1.82) is 0 Å². The fourth-order valence-corrected chi connectivity index (χ4v) is 2.07. The zero-order chi connectivity index (χ0) is 12.7. The fraction of sp³-hybridized carbons (Fsp3) is 0.786. The predicted octanol–water partition coefficient (Wildman–Crippen LogP) is 3.17. The van der Waals surface area contributed by atoms with Gasteiger partial charge >= 0.3 is 0 Å². The van der Waals surface area contributed by atoms with Crippen molar-refractivity contribution in [3.05, 3.63) is 18.2 Å². The van der Waals surface area contributed by atoms with Crippen LogP contribution in [0.15, 0.2) is 12.4 Å². The van der Waals surface area contributed by atoms with E-state index in [-0.39, 0.29) is 0 Å². The van der Waals surface area contributed by atoms with E-state index >= 15 is 0 Å². The number of nitrogens with one attached hydrogen (secondary N) is 1. The van der Waals surface area contributed by atoms with E-state index in [1.54, 1.807) is 0 Å². The van der Waals surface area contributed by atoms with Gasteiger partial charge in [-0.05, 0) is 32.7 Å². The molecule has 17 heavy (non-hydrogen) atoms. The van der Waals surface area contributed by atoms with Gasteiger partial charge in [0.15, 0.2) is 0 Å². The molecule has 0 saturated carbocycles. The zero-order valence-corrected chi connectivity index (χ0v) is 11.7. The van der Waals surface area contributed by atoms with Crippen molar-refractivity contribution >= 4 is 0 Å². The standard InChI is InChI=1S/C14H27N3/c1-5-8-15-13(4)7-6-10-17-11-9-16-14(17)12(2)3/h9,11-13,15H,5-8,10H2,1-4H3. The SMILES string of the molecule is CCCNC(C)CCCn1ccnc1C(C)C. The molecular formula is C14H27N3. The Morgan fingerprint density at radius 2 is 2.12 bits per heavy atom. The number of imidazole rings is 1. The van der Waals surface area contributed by atoms with E-state index in [1.165, 1.54) is 25.1 Å². The largest absolute Gasteiger partial charge is 0.335 e. The van der Waals surface area contributed by atoms with Gasteiger partial charge in [-0.2, -0.15) is 0 Å². The van der Waals surface area contributed by atoms with E-state index in [9.17, 15) is 0 Å². The molecule has 0 fully saturated rings. The van der Waals surface area contributed by atoms with Crippen LogP contribution in [-0.4, -0.2) is 22.1 Å². The third kappa shape index (κ3) is 4.90. The Labute approximate surface area is 106 Å². The van der Waals surface area contributed by atoms with Crippen molar-refractivity contribution in [3.63, 3.8) is 0 Å². The van der Waals surface area contributed by atoms with E-state index in [0.29, 0.717) is 12.0 Å². The lowest BCUT2D eigenvalue weighted by molar-refractivity contribution is 0.469. The first-order valence-electron chi connectivity index (χ1n) is 6.89. The minimum absolute atomic E-state index is 0.514. The van der Waals surface area contributed by atoms with Crippen LogP contribution in [0, 0.1) is 0 Å². The molecule has 1 unspecified atom stereocenters. The van der Waals surface area contributed by atoms with E-state index < -0.39 is 0 Å². The molecule has 0 radical (unpaired) electrons. The second-order valence-corrected chi connectivity index (χ2v) is 5.13. The number of aromatic nitrogens is 2. The lowest BCUT2D eigenvalue weighted by Gasteiger charge is -2.14. The van der Waals surface area contributed by atoms with Crippen molar-refractivity contribution in [1.82, 2.24) is 14.9 Å². The summed E-state index contributed by atoms with van der Waals surface area (Å²) in [4.78, 5) is 4.41. The fourth-order valence-electron chi connectivity index (χ4n) is 2.07. The van der Waals surface area contributed by atoms with Crippen LogP contribution in [0.4, 0.5) is 0 Å². The quantitative estimate of drug-likeness (QED) is 0.752. The van der Waals surface area contributed by atoms with Crippen LogP contribution in [-0.2, 0) is 6.54 Å². The van der Waals surface area contributed by atoms with Gasteiger partial charge in [-0.25, -0.2) is 4.98 Å². The Morgan fingerprint density at radius 3 is 2.76 bits per heavy atom. The average Bonchev–Trinajstić information content (AvgIpc) is 2.74. The van der Waals surface area contributed by atoms with Crippen LogP contribution >= 0.6 is 0 Å². The first-order chi connectivity index (χ1) is 8.15. The summed E-state index contributed by atoms with van der Waals surface area (Å²) < 4.78 is 2.29. The summed E-state index contributed by atoms with van der Waals surface area (Å²) in [5, 5.41) is 3.52. The van der Waals surface area contributed by atoms with Gasteiger partial charge in [-0.3, -0.25) is 0 Å². The summed E-state index contributed by atoms with van der Waals surface area (Å²) in [5.74, 6) is 1.72. The summed E-state index contributed by atoms with van der Waals surface area (Å²) in [6, 6.07) is 0.626. The Morgan fingerprint density at radius 1 is 1.35 bits per heavy atom. The van der Waals surface area contributed by atoms with Crippen molar-refractivity contribution in [3.8, 4) is 0 Å². The van der Waals surface area contributed by atoms with E-state index in [0.717, 1.165) is 13.1 Å². The predicted molar refractivity (Wildman–Crippen MR) is 73.3 cm³/mol. The molecule has 0 aliphatic heterocycles. The lowest BCUT2D eigenvalue weighted by atomic mass is 10.1. The number of rotatable bonds is 8. The molecule has 98 valence electrons. The second kappa shape index (κ2) is 7.49. The highest BCUT2D eigenvalue weighted by Crippen LogP contribution is 2.12. The molecule has 0 aliphatic carbocycles. The van der Waals surface area contributed by atoms with Gasteiger partial charge in [0.25, 0.3) is 0 Å². The van der Waals surface area contributed by atoms with Crippen LogP contribution < -0.4 is 5.32 Å². The number of hydrogen-bond donors (Lipinski definition) is 1. The van der Waals surface area contributed by atoms with Crippen molar-refractivity contribution in [2.45, 2.75) is 65.5 Å². The number of aryl methyl sites for hydroxylation is 1. The Hall–Kier alpha value is -0.830.